The van der Waals surface area contributed by atoms with Crippen LogP contribution in [0.4, 0.5) is 0 Å². The number of carboxylic acids is 1. The number of nitrogens with two attached hydrogens (primary N) is 1. The van der Waals surface area contributed by atoms with Gasteiger partial charge in [-0.3, -0.25) is 14.4 Å². The Bertz CT molecular complexity index is 842. The van der Waals surface area contributed by atoms with E-state index in [9.17, 15) is 34.5 Å². The number of aromatic hydroxyl groups is 1. The molecule has 1 aromatic carbocycles. The molecule has 35 heavy (non-hydrogen) atoms. The second-order valence-corrected chi connectivity index (χ2v) is 9.72. The molecule has 0 aromatic heterocycles. The first-order chi connectivity index (χ1) is 16.6. The lowest BCUT2D eigenvalue weighted by Crippen LogP contribution is -2.58. The van der Waals surface area contributed by atoms with Crippen molar-refractivity contribution < 1.29 is 34.5 Å². The highest BCUT2D eigenvalue weighted by molar-refractivity contribution is 7.98. The van der Waals surface area contributed by atoms with Gasteiger partial charge in [0.15, 0.2) is 0 Å². The fraction of sp³-hybridized carbons (Fsp3) is 0.545. The summed E-state index contributed by atoms with van der Waals surface area (Å²) in [6, 6.07) is 1.29. The normalized spacial score (nSPS) is 14.3. The smallest absolute Gasteiger partial charge is 0.326 e. The van der Waals surface area contributed by atoms with E-state index in [1.165, 1.54) is 36.0 Å². The van der Waals surface area contributed by atoms with E-state index in [-0.39, 0.29) is 18.6 Å². The monoisotopic (exact) mass is 530 g/mol. The average Bonchev–Trinajstić information content (AvgIpc) is 2.83. The van der Waals surface area contributed by atoms with Gasteiger partial charge in [-0.25, -0.2) is 4.79 Å². The Morgan fingerprint density at radius 2 is 1.37 bits per heavy atom. The molecule has 0 saturated heterocycles. The third-order valence-corrected chi connectivity index (χ3v) is 6.31. The molecule has 13 heteroatoms. The van der Waals surface area contributed by atoms with Crippen molar-refractivity contribution in [3.8, 4) is 5.75 Å². The van der Waals surface area contributed by atoms with E-state index >= 15 is 0 Å². The Morgan fingerprint density at radius 3 is 1.91 bits per heavy atom. The number of amides is 3. The topological polar surface area (TPSA) is 191 Å². The Kier molecular flexibility index (Phi) is 14.2. The number of carbonyl (C=O) groups excluding carboxylic acids is 3. The van der Waals surface area contributed by atoms with Gasteiger partial charge in [-0.2, -0.15) is 23.5 Å². The van der Waals surface area contributed by atoms with E-state index in [0.717, 1.165) is 0 Å². The molecule has 1 rings (SSSR count). The number of rotatable bonds is 16. The van der Waals surface area contributed by atoms with E-state index in [4.69, 9.17) is 5.73 Å². The first-order valence-electron chi connectivity index (χ1n) is 10.9. The second kappa shape index (κ2) is 16.2. The van der Waals surface area contributed by atoms with Crippen molar-refractivity contribution in [2.75, 3.05) is 30.6 Å². The van der Waals surface area contributed by atoms with Crippen molar-refractivity contribution in [3.05, 3.63) is 29.8 Å². The molecule has 0 saturated carbocycles. The van der Waals surface area contributed by atoms with Gasteiger partial charge in [-0.05, 0) is 54.6 Å². The van der Waals surface area contributed by atoms with Crippen LogP contribution < -0.4 is 21.7 Å². The van der Waals surface area contributed by atoms with Crippen molar-refractivity contribution in [2.24, 2.45) is 5.73 Å². The van der Waals surface area contributed by atoms with Gasteiger partial charge in [-0.1, -0.05) is 12.1 Å². The average molecular weight is 531 g/mol. The number of hydrogen-bond acceptors (Lipinski definition) is 9. The van der Waals surface area contributed by atoms with Crippen LogP contribution in [0.5, 0.6) is 5.75 Å². The molecule has 0 radical (unpaired) electrons. The summed E-state index contributed by atoms with van der Waals surface area (Å²) in [6.07, 6.45) is 4.35. The predicted octanol–water partition coefficient (Wildman–Crippen LogP) is -0.700. The number of carboxylic acid groups (broad SMARTS) is 1. The first kappa shape index (κ1) is 30.6. The molecule has 8 N–H and O–H groups in total. The van der Waals surface area contributed by atoms with E-state index in [0.29, 0.717) is 23.5 Å². The summed E-state index contributed by atoms with van der Waals surface area (Å²) in [5, 5.41) is 35.8. The maximum atomic E-state index is 12.8. The number of phenolic OH excluding ortho intramolecular Hbond substituents is 1. The van der Waals surface area contributed by atoms with Crippen LogP contribution in [-0.2, 0) is 25.6 Å². The fourth-order valence-corrected chi connectivity index (χ4v) is 3.93. The predicted molar refractivity (Wildman–Crippen MR) is 136 cm³/mol. The Hall–Kier alpha value is -2.48. The molecular weight excluding hydrogens is 496 g/mol. The number of thioether (sulfide) groups is 2. The molecule has 4 unspecified atom stereocenters. The SMILES string of the molecule is CSCCC(N)C(=O)NC(CCSC)C(=O)NC(CO)C(=O)NC(Cc1ccc(O)cc1)C(=O)O. The van der Waals surface area contributed by atoms with Crippen molar-refractivity contribution in [1.82, 2.24) is 16.0 Å². The molecule has 0 aliphatic carbocycles. The molecule has 0 bridgehead atoms. The summed E-state index contributed by atoms with van der Waals surface area (Å²) in [5.74, 6) is -2.15. The summed E-state index contributed by atoms with van der Waals surface area (Å²) < 4.78 is 0. The molecule has 0 fully saturated rings. The van der Waals surface area contributed by atoms with Gasteiger partial charge in [0.05, 0.1) is 12.6 Å². The molecule has 11 nitrogen and oxygen atoms in total. The number of nitrogens with one attached hydrogen (secondary N) is 3. The largest absolute Gasteiger partial charge is 0.508 e. The highest BCUT2D eigenvalue weighted by atomic mass is 32.2. The first-order valence-corrected chi connectivity index (χ1v) is 13.7. The molecule has 1 aromatic rings. The van der Waals surface area contributed by atoms with Crippen LogP contribution in [0.25, 0.3) is 0 Å². The quantitative estimate of drug-likeness (QED) is 0.144. The molecule has 0 aliphatic heterocycles. The van der Waals surface area contributed by atoms with Gasteiger partial charge in [0.1, 0.15) is 23.9 Å². The zero-order valence-electron chi connectivity index (χ0n) is 19.7. The van der Waals surface area contributed by atoms with Crippen LogP contribution in [0.15, 0.2) is 24.3 Å². The lowest BCUT2D eigenvalue weighted by molar-refractivity contribution is -0.142. The number of aliphatic hydroxyl groups is 1. The molecule has 196 valence electrons. The van der Waals surface area contributed by atoms with Gasteiger partial charge in [0, 0.05) is 6.42 Å². The van der Waals surface area contributed by atoms with Gasteiger partial charge in [-0.15, -0.1) is 0 Å². The van der Waals surface area contributed by atoms with Crippen LogP contribution in [0.1, 0.15) is 18.4 Å². The maximum absolute atomic E-state index is 12.8. The van der Waals surface area contributed by atoms with Gasteiger partial charge >= 0.3 is 5.97 Å². The number of benzene rings is 1. The summed E-state index contributed by atoms with van der Waals surface area (Å²) in [5.41, 5.74) is 6.43. The standard InChI is InChI=1S/C22H34N4O7S2/c1-34-9-7-15(23)19(29)24-16(8-10-35-2)20(30)26-18(12-27)21(31)25-17(22(32)33)11-13-3-5-14(28)6-4-13/h3-6,15-18,27-28H,7-12,23H2,1-2H3,(H,24,29)(H,25,31)(H,26,30)(H,32,33). The number of hydrogen-bond donors (Lipinski definition) is 7. The summed E-state index contributed by atoms with van der Waals surface area (Å²) in [4.78, 5) is 49.5. The zero-order chi connectivity index (χ0) is 26.4. The molecule has 3 amide bonds. The van der Waals surface area contributed by atoms with E-state index < -0.39 is 54.5 Å². The van der Waals surface area contributed by atoms with Crippen molar-refractivity contribution in [2.45, 2.75) is 43.4 Å². The van der Waals surface area contributed by atoms with Crippen molar-refractivity contribution >= 4 is 47.2 Å². The Balaban J connectivity index is 2.83. The van der Waals surface area contributed by atoms with Gasteiger partial charge in [0.25, 0.3) is 0 Å². The molecule has 4 atom stereocenters. The Labute approximate surface area is 213 Å². The van der Waals surface area contributed by atoms with Crippen LogP contribution in [0.2, 0.25) is 0 Å². The van der Waals surface area contributed by atoms with Crippen molar-refractivity contribution in [3.63, 3.8) is 0 Å². The highest BCUT2D eigenvalue weighted by Gasteiger charge is 2.30. The Morgan fingerprint density at radius 1 is 0.857 bits per heavy atom. The molecule has 0 spiro atoms. The lowest BCUT2D eigenvalue weighted by Gasteiger charge is -2.24. The van der Waals surface area contributed by atoms with E-state index in [1.807, 2.05) is 12.5 Å². The van der Waals surface area contributed by atoms with Crippen LogP contribution in [0, 0.1) is 0 Å². The third-order valence-electron chi connectivity index (χ3n) is 5.02. The highest BCUT2D eigenvalue weighted by Crippen LogP contribution is 2.12. The lowest BCUT2D eigenvalue weighted by atomic mass is 10.1. The summed E-state index contributed by atoms with van der Waals surface area (Å²) in [7, 11) is 0. The third kappa shape index (κ3) is 11.2. The van der Waals surface area contributed by atoms with Crippen LogP contribution >= 0.6 is 23.5 Å². The van der Waals surface area contributed by atoms with E-state index in [2.05, 4.69) is 16.0 Å². The van der Waals surface area contributed by atoms with Crippen molar-refractivity contribution in [1.29, 1.82) is 0 Å². The van der Waals surface area contributed by atoms with E-state index in [1.54, 1.807) is 11.8 Å². The minimum absolute atomic E-state index is 0.0149. The number of aliphatic hydroxyl groups excluding tert-OH is 1. The number of phenols is 1. The number of aliphatic carboxylic acids is 1. The maximum Gasteiger partial charge on any atom is 0.326 e. The zero-order valence-corrected chi connectivity index (χ0v) is 21.4. The summed E-state index contributed by atoms with van der Waals surface area (Å²) >= 11 is 3.01. The van der Waals surface area contributed by atoms with Crippen LogP contribution in [0.3, 0.4) is 0 Å². The van der Waals surface area contributed by atoms with Gasteiger partial charge in [0.2, 0.25) is 17.7 Å². The minimum Gasteiger partial charge on any atom is -0.508 e. The van der Waals surface area contributed by atoms with Crippen LogP contribution in [-0.4, -0.2) is 93.8 Å². The van der Waals surface area contributed by atoms with Gasteiger partial charge < -0.3 is 37.0 Å². The molecule has 0 aliphatic rings. The minimum atomic E-state index is -1.43. The number of carbonyl (C=O) groups is 4. The molecular formula is C22H34N4O7S2. The summed E-state index contributed by atoms with van der Waals surface area (Å²) in [6.45, 7) is -0.778. The second-order valence-electron chi connectivity index (χ2n) is 7.74. The molecule has 0 heterocycles. The fourth-order valence-electron chi connectivity index (χ4n) is 2.97.